The Hall–Kier alpha value is -1.16. The molecule has 1 unspecified atom stereocenters. The van der Waals surface area contributed by atoms with E-state index in [-0.39, 0.29) is 0 Å². The molecule has 0 aliphatic carbocycles. The molecule has 2 heterocycles. The van der Waals surface area contributed by atoms with Crippen molar-refractivity contribution >= 4 is 5.82 Å². The summed E-state index contributed by atoms with van der Waals surface area (Å²) in [7, 11) is 1.93. The molecule has 0 radical (unpaired) electrons. The molecule has 1 aliphatic rings. The first-order valence-corrected chi connectivity index (χ1v) is 7.09. The lowest BCUT2D eigenvalue weighted by molar-refractivity contribution is 0.430. The smallest absolute Gasteiger partial charge is 0.151 e. The van der Waals surface area contributed by atoms with Gasteiger partial charge in [-0.1, -0.05) is 13.3 Å². The van der Waals surface area contributed by atoms with Crippen LogP contribution in [0.2, 0.25) is 0 Å². The maximum Gasteiger partial charge on any atom is 0.151 e. The molecule has 0 spiro atoms. The van der Waals surface area contributed by atoms with Crippen molar-refractivity contribution < 1.29 is 0 Å². The van der Waals surface area contributed by atoms with Gasteiger partial charge in [-0.25, -0.2) is 0 Å². The maximum atomic E-state index is 4.39. The fourth-order valence-electron chi connectivity index (χ4n) is 2.72. The van der Waals surface area contributed by atoms with E-state index in [4.69, 9.17) is 0 Å². The van der Waals surface area contributed by atoms with Crippen molar-refractivity contribution in [3.8, 4) is 0 Å². The standard InChI is InChI=1S/C14H24N4/c1-3-6-13-7-4-5-10-18(13)14-9-8-12(11-15-2)16-17-14/h8-9,13,15H,3-7,10-11H2,1-2H3. The summed E-state index contributed by atoms with van der Waals surface area (Å²) in [6.45, 7) is 4.17. The van der Waals surface area contributed by atoms with Crippen molar-refractivity contribution in [2.75, 3.05) is 18.5 Å². The van der Waals surface area contributed by atoms with E-state index in [1.54, 1.807) is 0 Å². The lowest BCUT2D eigenvalue weighted by Crippen LogP contribution is -2.40. The number of nitrogens with one attached hydrogen (secondary N) is 1. The molecular formula is C14H24N4. The Labute approximate surface area is 110 Å². The highest BCUT2D eigenvalue weighted by molar-refractivity contribution is 5.39. The van der Waals surface area contributed by atoms with Gasteiger partial charge in [0.1, 0.15) is 0 Å². The molecule has 1 fully saturated rings. The van der Waals surface area contributed by atoms with Crippen LogP contribution in [-0.4, -0.2) is 29.8 Å². The number of rotatable bonds is 5. The Morgan fingerprint density at radius 2 is 2.22 bits per heavy atom. The van der Waals surface area contributed by atoms with Crippen molar-refractivity contribution in [1.82, 2.24) is 15.5 Å². The zero-order chi connectivity index (χ0) is 12.8. The van der Waals surface area contributed by atoms with E-state index in [2.05, 4.69) is 39.5 Å². The summed E-state index contributed by atoms with van der Waals surface area (Å²) in [5, 5.41) is 11.8. The molecule has 0 saturated carbocycles. The van der Waals surface area contributed by atoms with Gasteiger partial charge in [0, 0.05) is 19.1 Å². The van der Waals surface area contributed by atoms with Gasteiger partial charge in [0.05, 0.1) is 5.69 Å². The zero-order valence-corrected chi connectivity index (χ0v) is 11.5. The summed E-state index contributed by atoms with van der Waals surface area (Å²) in [5.74, 6) is 1.05. The van der Waals surface area contributed by atoms with Crippen LogP contribution in [0.25, 0.3) is 0 Å². The van der Waals surface area contributed by atoms with Crippen molar-refractivity contribution in [2.45, 2.75) is 51.6 Å². The van der Waals surface area contributed by atoms with E-state index in [9.17, 15) is 0 Å². The van der Waals surface area contributed by atoms with Gasteiger partial charge in [-0.2, -0.15) is 5.10 Å². The molecule has 1 saturated heterocycles. The molecule has 100 valence electrons. The van der Waals surface area contributed by atoms with Gasteiger partial charge < -0.3 is 10.2 Å². The summed E-state index contributed by atoms with van der Waals surface area (Å²) >= 11 is 0. The van der Waals surface area contributed by atoms with Crippen LogP contribution in [0.5, 0.6) is 0 Å². The van der Waals surface area contributed by atoms with E-state index in [0.29, 0.717) is 6.04 Å². The molecule has 4 heteroatoms. The number of nitrogens with zero attached hydrogens (tertiary/aromatic N) is 3. The molecule has 1 aromatic heterocycles. The highest BCUT2D eigenvalue weighted by atomic mass is 15.3. The monoisotopic (exact) mass is 248 g/mol. The van der Waals surface area contributed by atoms with E-state index in [0.717, 1.165) is 24.6 Å². The quantitative estimate of drug-likeness (QED) is 0.868. The molecule has 2 rings (SSSR count). The molecule has 0 amide bonds. The minimum atomic E-state index is 0.660. The van der Waals surface area contributed by atoms with Crippen molar-refractivity contribution in [3.63, 3.8) is 0 Å². The Kier molecular flexibility index (Phi) is 4.93. The Morgan fingerprint density at radius 1 is 1.33 bits per heavy atom. The first-order chi connectivity index (χ1) is 8.85. The summed E-state index contributed by atoms with van der Waals surface area (Å²) in [5.41, 5.74) is 1.00. The molecule has 1 N–H and O–H groups in total. The van der Waals surface area contributed by atoms with Crippen molar-refractivity contribution in [3.05, 3.63) is 17.8 Å². The van der Waals surface area contributed by atoms with E-state index >= 15 is 0 Å². The summed E-state index contributed by atoms with van der Waals surface area (Å²) < 4.78 is 0. The van der Waals surface area contributed by atoms with Gasteiger partial charge in [-0.05, 0) is 44.9 Å². The molecule has 18 heavy (non-hydrogen) atoms. The molecular weight excluding hydrogens is 224 g/mol. The fraction of sp³-hybridized carbons (Fsp3) is 0.714. The average Bonchev–Trinajstić information content (AvgIpc) is 2.41. The van der Waals surface area contributed by atoms with Gasteiger partial charge in [-0.3, -0.25) is 0 Å². The first-order valence-electron chi connectivity index (χ1n) is 7.09. The number of anilines is 1. The highest BCUT2D eigenvalue weighted by Gasteiger charge is 2.22. The predicted molar refractivity (Wildman–Crippen MR) is 74.7 cm³/mol. The van der Waals surface area contributed by atoms with Crippen LogP contribution in [0.1, 0.15) is 44.7 Å². The second-order valence-electron chi connectivity index (χ2n) is 5.04. The normalized spacial score (nSPS) is 20.1. The predicted octanol–water partition coefficient (Wildman–Crippen LogP) is 2.36. The topological polar surface area (TPSA) is 41.0 Å². The number of aromatic nitrogens is 2. The molecule has 0 bridgehead atoms. The average molecular weight is 248 g/mol. The molecule has 1 aliphatic heterocycles. The molecule has 0 aromatic carbocycles. The van der Waals surface area contributed by atoms with Crippen molar-refractivity contribution in [1.29, 1.82) is 0 Å². The van der Waals surface area contributed by atoms with Crippen LogP contribution in [0.3, 0.4) is 0 Å². The summed E-state index contributed by atoms with van der Waals surface area (Å²) in [4.78, 5) is 2.45. The molecule has 1 aromatic rings. The SMILES string of the molecule is CCCC1CCCCN1c1ccc(CNC)nn1. The number of hydrogen-bond donors (Lipinski definition) is 1. The van der Waals surface area contributed by atoms with Crippen molar-refractivity contribution in [2.24, 2.45) is 0 Å². The highest BCUT2D eigenvalue weighted by Crippen LogP contribution is 2.25. The van der Waals surface area contributed by atoms with Crippen LogP contribution in [0, 0.1) is 0 Å². The van der Waals surface area contributed by atoms with Gasteiger partial charge in [0.15, 0.2) is 5.82 Å². The number of piperidine rings is 1. The second kappa shape index (κ2) is 6.69. The largest absolute Gasteiger partial charge is 0.352 e. The molecule has 1 atom stereocenters. The lowest BCUT2D eigenvalue weighted by atomic mass is 9.98. The Bertz CT molecular complexity index is 347. The maximum absolute atomic E-state index is 4.39. The van der Waals surface area contributed by atoms with Crippen LogP contribution in [0.15, 0.2) is 12.1 Å². The zero-order valence-electron chi connectivity index (χ0n) is 11.5. The van der Waals surface area contributed by atoms with Gasteiger partial charge in [0.2, 0.25) is 0 Å². The first kappa shape index (κ1) is 13.3. The van der Waals surface area contributed by atoms with E-state index < -0.39 is 0 Å². The van der Waals surface area contributed by atoms with E-state index in [1.165, 1.54) is 32.1 Å². The van der Waals surface area contributed by atoms with E-state index in [1.807, 2.05) is 7.05 Å². The molecule has 4 nitrogen and oxygen atoms in total. The third-order valence-electron chi connectivity index (χ3n) is 3.61. The second-order valence-corrected chi connectivity index (χ2v) is 5.04. The Morgan fingerprint density at radius 3 is 2.89 bits per heavy atom. The number of hydrogen-bond acceptors (Lipinski definition) is 4. The summed E-state index contributed by atoms with van der Waals surface area (Å²) in [6, 6.07) is 4.86. The summed E-state index contributed by atoms with van der Waals surface area (Å²) in [6.07, 6.45) is 6.44. The minimum Gasteiger partial charge on any atom is -0.352 e. The van der Waals surface area contributed by atoms with Gasteiger partial charge >= 0.3 is 0 Å². The Balaban J connectivity index is 2.07. The third-order valence-corrected chi connectivity index (χ3v) is 3.61. The van der Waals surface area contributed by atoms with Crippen LogP contribution < -0.4 is 10.2 Å². The third kappa shape index (κ3) is 3.19. The van der Waals surface area contributed by atoms with Crippen LogP contribution >= 0.6 is 0 Å². The van der Waals surface area contributed by atoms with Crippen LogP contribution in [0.4, 0.5) is 5.82 Å². The van der Waals surface area contributed by atoms with Crippen LogP contribution in [-0.2, 0) is 6.54 Å². The minimum absolute atomic E-state index is 0.660. The lowest BCUT2D eigenvalue weighted by Gasteiger charge is -2.36. The fourth-order valence-corrected chi connectivity index (χ4v) is 2.72. The van der Waals surface area contributed by atoms with Gasteiger partial charge in [0.25, 0.3) is 0 Å². The van der Waals surface area contributed by atoms with Gasteiger partial charge in [-0.15, -0.1) is 5.10 Å².